The highest BCUT2D eigenvalue weighted by molar-refractivity contribution is 5.58. The first-order chi connectivity index (χ1) is 15.2. The molecule has 8 nitrogen and oxygen atoms in total. The van der Waals surface area contributed by atoms with Crippen LogP contribution in [0.15, 0.2) is 18.2 Å². The van der Waals surface area contributed by atoms with E-state index < -0.39 is 0 Å². The van der Waals surface area contributed by atoms with Crippen LogP contribution in [0.1, 0.15) is 56.9 Å². The molecule has 168 valence electrons. The summed E-state index contributed by atoms with van der Waals surface area (Å²) in [6.07, 6.45) is 9.70. The first-order valence-corrected chi connectivity index (χ1v) is 11.5. The summed E-state index contributed by atoms with van der Waals surface area (Å²) in [6.45, 7) is 3.62. The third kappa shape index (κ3) is 6.19. The van der Waals surface area contributed by atoms with Crippen molar-refractivity contribution in [2.24, 2.45) is 0 Å². The molecule has 1 aromatic heterocycles. The second-order valence-corrected chi connectivity index (χ2v) is 8.51. The molecule has 2 fully saturated rings. The molecule has 1 aliphatic carbocycles. The minimum absolute atomic E-state index is 0.354. The van der Waals surface area contributed by atoms with Crippen molar-refractivity contribution >= 4 is 17.6 Å². The fraction of sp³-hybridized carbons (Fsp3) is 0.609. The van der Waals surface area contributed by atoms with Crippen LogP contribution in [0.25, 0.3) is 0 Å². The summed E-state index contributed by atoms with van der Waals surface area (Å²) >= 11 is 0. The zero-order valence-corrected chi connectivity index (χ0v) is 18.6. The summed E-state index contributed by atoms with van der Waals surface area (Å²) in [4.78, 5) is 13.7. The molecule has 2 aromatic rings. The van der Waals surface area contributed by atoms with E-state index in [0.29, 0.717) is 36.6 Å². The Morgan fingerprint density at radius 2 is 1.81 bits per heavy atom. The topological polar surface area (TPSA) is 93.2 Å². The van der Waals surface area contributed by atoms with E-state index in [-0.39, 0.29) is 0 Å². The summed E-state index contributed by atoms with van der Waals surface area (Å²) in [5, 5.41) is 10.3. The van der Waals surface area contributed by atoms with Crippen molar-refractivity contribution in [2.45, 2.75) is 70.4 Å². The van der Waals surface area contributed by atoms with Gasteiger partial charge in [0.05, 0.1) is 7.11 Å². The molecular formula is C23H34N6O2. The van der Waals surface area contributed by atoms with Gasteiger partial charge >= 0.3 is 6.01 Å². The Morgan fingerprint density at radius 1 is 1.00 bits per heavy atom. The lowest BCUT2D eigenvalue weighted by atomic mass is 10.1. The summed E-state index contributed by atoms with van der Waals surface area (Å²) in [5.41, 5.74) is 1.94. The Kier molecular flexibility index (Phi) is 7.40. The largest absolute Gasteiger partial charge is 0.496 e. The van der Waals surface area contributed by atoms with Gasteiger partial charge in [-0.2, -0.15) is 15.0 Å². The van der Waals surface area contributed by atoms with Crippen LogP contribution in [0.2, 0.25) is 0 Å². The highest BCUT2D eigenvalue weighted by atomic mass is 16.5. The Balaban J connectivity index is 1.51. The summed E-state index contributed by atoms with van der Waals surface area (Å²) in [5.74, 6) is 1.90. The molecule has 1 aromatic carbocycles. The SMILES string of the molecule is COc1ccc(Nc2nc(NC3CCCCCC3)nc(OCC3CCCN3)n2)cc1C. The molecule has 3 N–H and O–H groups in total. The van der Waals surface area contributed by atoms with Crippen molar-refractivity contribution in [3.63, 3.8) is 0 Å². The van der Waals surface area contributed by atoms with Crippen LogP contribution in [0.4, 0.5) is 17.6 Å². The van der Waals surface area contributed by atoms with Crippen LogP contribution in [0, 0.1) is 6.92 Å². The van der Waals surface area contributed by atoms with Gasteiger partial charge in [-0.1, -0.05) is 25.7 Å². The molecule has 1 unspecified atom stereocenters. The summed E-state index contributed by atoms with van der Waals surface area (Å²) in [7, 11) is 1.68. The number of nitrogens with zero attached hydrogens (tertiary/aromatic N) is 3. The zero-order valence-electron chi connectivity index (χ0n) is 18.6. The van der Waals surface area contributed by atoms with E-state index >= 15 is 0 Å². The predicted molar refractivity (Wildman–Crippen MR) is 122 cm³/mol. The van der Waals surface area contributed by atoms with Crippen LogP contribution < -0.4 is 25.4 Å². The Hall–Kier alpha value is -2.61. The first kappa shape index (κ1) is 21.6. The van der Waals surface area contributed by atoms with Crippen LogP contribution in [0.3, 0.4) is 0 Å². The van der Waals surface area contributed by atoms with Gasteiger partial charge in [0.1, 0.15) is 12.4 Å². The molecule has 1 aliphatic heterocycles. The maximum atomic E-state index is 5.96. The minimum Gasteiger partial charge on any atom is -0.496 e. The molecule has 1 atom stereocenters. The monoisotopic (exact) mass is 426 g/mol. The lowest BCUT2D eigenvalue weighted by molar-refractivity contribution is 0.257. The number of nitrogens with one attached hydrogen (secondary N) is 3. The van der Waals surface area contributed by atoms with E-state index in [1.165, 1.54) is 32.1 Å². The predicted octanol–water partition coefficient (Wildman–Crippen LogP) is 4.20. The van der Waals surface area contributed by atoms with Gasteiger partial charge in [-0.3, -0.25) is 0 Å². The number of hydrogen-bond donors (Lipinski definition) is 3. The molecule has 2 heterocycles. The molecule has 8 heteroatoms. The number of benzene rings is 1. The third-order valence-corrected chi connectivity index (χ3v) is 6.03. The first-order valence-electron chi connectivity index (χ1n) is 11.5. The van der Waals surface area contributed by atoms with Crippen molar-refractivity contribution in [1.29, 1.82) is 0 Å². The number of rotatable bonds is 8. The summed E-state index contributed by atoms with van der Waals surface area (Å²) in [6, 6.07) is 7.02. The third-order valence-electron chi connectivity index (χ3n) is 6.03. The highest BCUT2D eigenvalue weighted by Crippen LogP contribution is 2.25. The average molecular weight is 427 g/mol. The molecule has 1 saturated carbocycles. The van der Waals surface area contributed by atoms with Gasteiger partial charge in [0, 0.05) is 17.8 Å². The Morgan fingerprint density at radius 3 is 2.52 bits per heavy atom. The van der Waals surface area contributed by atoms with Crippen molar-refractivity contribution in [3.8, 4) is 11.8 Å². The van der Waals surface area contributed by atoms with E-state index in [2.05, 4.69) is 30.9 Å². The molecule has 0 amide bonds. The average Bonchev–Trinajstić information content (AvgIpc) is 3.16. The van der Waals surface area contributed by atoms with Crippen molar-refractivity contribution in [2.75, 3.05) is 30.9 Å². The molecule has 4 rings (SSSR count). The number of aromatic nitrogens is 3. The zero-order chi connectivity index (χ0) is 21.5. The number of methoxy groups -OCH3 is 1. The number of anilines is 3. The van der Waals surface area contributed by atoms with Crippen molar-refractivity contribution in [3.05, 3.63) is 23.8 Å². The van der Waals surface area contributed by atoms with Crippen molar-refractivity contribution < 1.29 is 9.47 Å². The van der Waals surface area contributed by atoms with E-state index in [1.807, 2.05) is 25.1 Å². The maximum Gasteiger partial charge on any atom is 0.323 e. The van der Waals surface area contributed by atoms with E-state index in [4.69, 9.17) is 9.47 Å². The van der Waals surface area contributed by atoms with Gasteiger partial charge in [0.15, 0.2) is 0 Å². The van der Waals surface area contributed by atoms with Gasteiger partial charge < -0.3 is 25.4 Å². The van der Waals surface area contributed by atoms with Gasteiger partial charge in [-0.25, -0.2) is 0 Å². The maximum absolute atomic E-state index is 5.96. The number of aryl methyl sites for hydroxylation is 1. The van der Waals surface area contributed by atoms with Gasteiger partial charge in [-0.15, -0.1) is 0 Å². The smallest absolute Gasteiger partial charge is 0.323 e. The highest BCUT2D eigenvalue weighted by Gasteiger charge is 2.18. The second kappa shape index (κ2) is 10.6. The Bertz CT molecular complexity index is 848. The quantitative estimate of drug-likeness (QED) is 0.541. The van der Waals surface area contributed by atoms with Gasteiger partial charge in [0.25, 0.3) is 0 Å². The lowest BCUT2D eigenvalue weighted by Gasteiger charge is -2.18. The number of ether oxygens (including phenoxy) is 2. The normalized spacial score (nSPS) is 19.6. The van der Waals surface area contributed by atoms with E-state index in [0.717, 1.165) is 42.8 Å². The standard InChI is InChI=1S/C23H34N6O2/c1-16-14-18(11-12-20(16)30-2)26-22-27-21(25-17-8-5-3-4-6-9-17)28-23(29-22)31-15-19-10-7-13-24-19/h11-12,14,17,19,24H,3-10,13,15H2,1-2H3,(H2,25,26,27,28,29). The molecule has 0 bridgehead atoms. The second-order valence-electron chi connectivity index (χ2n) is 8.51. The fourth-order valence-corrected chi connectivity index (χ4v) is 4.31. The van der Waals surface area contributed by atoms with Gasteiger partial charge in [-0.05, 0) is 62.9 Å². The van der Waals surface area contributed by atoms with E-state index in [9.17, 15) is 0 Å². The van der Waals surface area contributed by atoms with Crippen LogP contribution in [-0.4, -0.2) is 47.3 Å². The molecule has 0 spiro atoms. The molecule has 2 aliphatic rings. The van der Waals surface area contributed by atoms with Gasteiger partial charge in [0.2, 0.25) is 11.9 Å². The minimum atomic E-state index is 0.354. The molecule has 31 heavy (non-hydrogen) atoms. The Labute approximate surface area is 184 Å². The van der Waals surface area contributed by atoms with Crippen LogP contribution >= 0.6 is 0 Å². The lowest BCUT2D eigenvalue weighted by Crippen LogP contribution is -2.28. The molecular weight excluding hydrogens is 392 g/mol. The van der Waals surface area contributed by atoms with Crippen molar-refractivity contribution in [1.82, 2.24) is 20.3 Å². The number of hydrogen-bond acceptors (Lipinski definition) is 8. The fourth-order valence-electron chi connectivity index (χ4n) is 4.31. The molecule has 1 saturated heterocycles. The summed E-state index contributed by atoms with van der Waals surface area (Å²) < 4.78 is 11.3. The van der Waals surface area contributed by atoms with Crippen LogP contribution in [-0.2, 0) is 0 Å². The molecule has 0 radical (unpaired) electrons. The van der Waals surface area contributed by atoms with E-state index in [1.54, 1.807) is 7.11 Å². The van der Waals surface area contributed by atoms with Crippen LogP contribution in [0.5, 0.6) is 11.8 Å².